The molecule has 3 rings (SSSR count). The van der Waals surface area contributed by atoms with Crippen molar-refractivity contribution < 1.29 is 9.59 Å². The summed E-state index contributed by atoms with van der Waals surface area (Å²) in [5.74, 6) is 1.06. The number of rotatable bonds is 2. The Morgan fingerprint density at radius 2 is 1.89 bits per heavy atom. The van der Waals surface area contributed by atoms with E-state index >= 15 is 0 Å². The van der Waals surface area contributed by atoms with Gasteiger partial charge in [0.15, 0.2) is 0 Å². The molecule has 3 fully saturated rings. The molecule has 1 heterocycles. The van der Waals surface area contributed by atoms with Crippen LogP contribution in [0.15, 0.2) is 0 Å². The molecule has 0 spiro atoms. The molecule has 3 aliphatic rings. The van der Waals surface area contributed by atoms with Crippen LogP contribution in [0.3, 0.4) is 0 Å². The van der Waals surface area contributed by atoms with E-state index in [-0.39, 0.29) is 23.9 Å². The maximum Gasteiger partial charge on any atom is 0.242 e. The van der Waals surface area contributed by atoms with Crippen LogP contribution in [-0.2, 0) is 9.59 Å². The van der Waals surface area contributed by atoms with Gasteiger partial charge in [-0.3, -0.25) is 9.59 Å². The summed E-state index contributed by atoms with van der Waals surface area (Å²) in [5, 5.41) is 5.94. The molecule has 0 aromatic heterocycles. The van der Waals surface area contributed by atoms with Crippen molar-refractivity contribution in [1.29, 1.82) is 0 Å². The second-order valence-corrected chi connectivity index (χ2v) is 6.38. The lowest BCUT2D eigenvalue weighted by Crippen LogP contribution is -2.56. The molecule has 2 unspecified atom stereocenters. The average molecular weight is 265 g/mol. The molecule has 0 radical (unpaired) electrons. The number of carbonyl (C=O) groups excluding carboxylic acids is 2. The minimum absolute atomic E-state index is 0.00298. The van der Waals surface area contributed by atoms with Gasteiger partial charge in [-0.2, -0.15) is 0 Å². The van der Waals surface area contributed by atoms with Crippen LogP contribution in [0.25, 0.3) is 0 Å². The van der Waals surface area contributed by atoms with Gasteiger partial charge in [0.1, 0.15) is 6.04 Å². The number of hydrogen-bond acceptors (Lipinski definition) is 3. The first-order valence-electron chi connectivity index (χ1n) is 7.49. The minimum atomic E-state index is -0.316. The monoisotopic (exact) mass is 265 g/mol. The molecule has 2 saturated carbocycles. The van der Waals surface area contributed by atoms with E-state index in [1.807, 2.05) is 0 Å². The first-order valence-corrected chi connectivity index (χ1v) is 7.49. The normalized spacial score (nSPS) is 41.7. The number of carbonyl (C=O) groups is 2. The SMILES string of the molecule is NC1CC2CCCC(C1)C2NC(=O)[C@@H]1CCC(=O)N1. The van der Waals surface area contributed by atoms with E-state index in [0.29, 0.717) is 30.7 Å². The van der Waals surface area contributed by atoms with Gasteiger partial charge in [0.25, 0.3) is 0 Å². The fraction of sp³-hybridized carbons (Fsp3) is 0.857. The molecule has 2 amide bonds. The maximum atomic E-state index is 12.2. The number of fused-ring (bicyclic) bond motifs is 2. The van der Waals surface area contributed by atoms with Gasteiger partial charge in [-0.15, -0.1) is 0 Å². The second-order valence-electron chi connectivity index (χ2n) is 6.38. The Morgan fingerprint density at radius 1 is 1.21 bits per heavy atom. The average Bonchev–Trinajstić information content (AvgIpc) is 2.77. The summed E-state index contributed by atoms with van der Waals surface area (Å²) in [6, 6.07) is 0.261. The van der Waals surface area contributed by atoms with Gasteiger partial charge in [-0.25, -0.2) is 0 Å². The van der Waals surface area contributed by atoms with E-state index in [4.69, 9.17) is 5.73 Å². The quantitative estimate of drug-likeness (QED) is 0.671. The Labute approximate surface area is 113 Å². The highest BCUT2D eigenvalue weighted by molar-refractivity contribution is 5.90. The van der Waals surface area contributed by atoms with Gasteiger partial charge >= 0.3 is 0 Å². The number of amides is 2. The van der Waals surface area contributed by atoms with E-state index in [9.17, 15) is 9.59 Å². The van der Waals surface area contributed by atoms with Crippen LogP contribution in [0.4, 0.5) is 0 Å². The summed E-state index contributed by atoms with van der Waals surface area (Å²) >= 11 is 0. The van der Waals surface area contributed by atoms with Crippen LogP contribution in [0.1, 0.15) is 44.9 Å². The molecule has 0 aromatic carbocycles. The highest BCUT2D eigenvalue weighted by atomic mass is 16.2. The van der Waals surface area contributed by atoms with Crippen LogP contribution in [0.5, 0.6) is 0 Å². The molecule has 3 atom stereocenters. The van der Waals surface area contributed by atoms with Crippen molar-refractivity contribution in [1.82, 2.24) is 10.6 Å². The van der Waals surface area contributed by atoms with Crippen molar-refractivity contribution in [2.75, 3.05) is 0 Å². The zero-order valence-corrected chi connectivity index (χ0v) is 11.2. The van der Waals surface area contributed by atoms with E-state index in [1.165, 1.54) is 19.3 Å². The van der Waals surface area contributed by atoms with Crippen LogP contribution >= 0.6 is 0 Å². The molecule has 106 valence electrons. The predicted octanol–water partition coefficient (Wildman–Crippen LogP) is 0.287. The van der Waals surface area contributed by atoms with Crippen LogP contribution in [0.2, 0.25) is 0 Å². The van der Waals surface area contributed by atoms with Gasteiger partial charge in [-0.1, -0.05) is 6.42 Å². The topological polar surface area (TPSA) is 84.2 Å². The van der Waals surface area contributed by atoms with E-state index in [1.54, 1.807) is 0 Å². The molecule has 19 heavy (non-hydrogen) atoms. The van der Waals surface area contributed by atoms with Crippen molar-refractivity contribution in [3.05, 3.63) is 0 Å². The summed E-state index contributed by atoms with van der Waals surface area (Å²) in [4.78, 5) is 23.4. The molecule has 5 heteroatoms. The molecule has 1 saturated heterocycles. The number of hydrogen-bond donors (Lipinski definition) is 3. The molecule has 2 bridgehead atoms. The summed E-state index contributed by atoms with van der Waals surface area (Å²) in [5.41, 5.74) is 6.09. The van der Waals surface area contributed by atoms with Gasteiger partial charge in [0.05, 0.1) is 0 Å². The Bertz CT molecular complexity index is 371. The summed E-state index contributed by atoms with van der Waals surface area (Å²) in [7, 11) is 0. The summed E-state index contributed by atoms with van der Waals surface area (Å²) < 4.78 is 0. The van der Waals surface area contributed by atoms with Crippen LogP contribution < -0.4 is 16.4 Å². The smallest absolute Gasteiger partial charge is 0.242 e. The molecular formula is C14H23N3O2. The van der Waals surface area contributed by atoms with E-state index < -0.39 is 0 Å². The Balaban J connectivity index is 1.62. The Morgan fingerprint density at radius 3 is 2.47 bits per heavy atom. The fourth-order valence-corrected chi connectivity index (χ4v) is 4.10. The molecular weight excluding hydrogens is 242 g/mol. The Hall–Kier alpha value is -1.10. The third-order valence-electron chi connectivity index (χ3n) is 5.00. The third-order valence-corrected chi connectivity index (χ3v) is 5.00. The van der Waals surface area contributed by atoms with Crippen LogP contribution in [-0.4, -0.2) is 29.9 Å². The lowest BCUT2D eigenvalue weighted by Gasteiger charge is -2.45. The van der Waals surface area contributed by atoms with Gasteiger partial charge in [0.2, 0.25) is 11.8 Å². The number of nitrogens with one attached hydrogen (secondary N) is 2. The molecule has 2 aliphatic carbocycles. The number of nitrogens with two attached hydrogens (primary N) is 1. The zero-order chi connectivity index (χ0) is 13.4. The van der Waals surface area contributed by atoms with Gasteiger partial charge in [-0.05, 0) is 43.9 Å². The maximum absolute atomic E-state index is 12.2. The van der Waals surface area contributed by atoms with Crippen molar-refractivity contribution in [3.63, 3.8) is 0 Å². The lowest BCUT2D eigenvalue weighted by atomic mass is 9.67. The van der Waals surface area contributed by atoms with Crippen molar-refractivity contribution in [3.8, 4) is 0 Å². The summed E-state index contributed by atoms with van der Waals surface area (Å²) in [6.07, 6.45) is 6.76. The van der Waals surface area contributed by atoms with E-state index in [0.717, 1.165) is 12.8 Å². The molecule has 1 aliphatic heterocycles. The summed E-state index contributed by atoms with van der Waals surface area (Å²) in [6.45, 7) is 0. The van der Waals surface area contributed by atoms with Crippen molar-refractivity contribution in [2.45, 2.75) is 63.1 Å². The minimum Gasteiger partial charge on any atom is -0.351 e. The standard InChI is InChI=1S/C14H23N3O2/c15-10-6-8-2-1-3-9(7-10)13(8)17-14(19)11-4-5-12(18)16-11/h8-11,13H,1-7,15H2,(H,16,18)(H,17,19)/t8?,9?,10?,11-,13?/m0/s1. The first-order chi connectivity index (χ1) is 9.13. The lowest BCUT2D eigenvalue weighted by molar-refractivity contribution is -0.127. The fourth-order valence-electron chi connectivity index (χ4n) is 4.10. The highest BCUT2D eigenvalue weighted by Crippen LogP contribution is 2.39. The largest absolute Gasteiger partial charge is 0.351 e. The molecule has 0 aromatic rings. The van der Waals surface area contributed by atoms with Crippen molar-refractivity contribution in [2.24, 2.45) is 17.6 Å². The van der Waals surface area contributed by atoms with Gasteiger partial charge in [0, 0.05) is 18.5 Å². The zero-order valence-electron chi connectivity index (χ0n) is 11.2. The predicted molar refractivity (Wildman–Crippen MR) is 71.1 cm³/mol. The van der Waals surface area contributed by atoms with E-state index in [2.05, 4.69) is 10.6 Å². The second kappa shape index (κ2) is 5.12. The molecule has 5 nitrogen and oxygen atoms in total. The molecule has 4 N–H and O–H groups in total. The highest BCUT2D eigenvalue weighted by Gasteiger charge is 2.41. The third kappa shape index (κ3) is 2.61. The van der Waals surface area contributed by atoms with Crippen molar-refractivity contribution >= 4 is 11.8 Å². The first kappa shape index (κ1) is 12.9. The Kier molecular flexibility index (Phi) is 3.48. The van der Waals surface area contributed by atoms with Crippen LogP contribution in [0, 0.1) is 11.8 Å². The van der Waals surface area contributed by atoms with Gasteiger partial charge < -0.3 is 16.4 Å².